The minimum atomic E-state index is -0.262. The minimum absolute atomic E-state index is 0.262. The van der Waals surface area contributed by atoms with Crippen LogP contribution in [0.15, 0.2) is 138 Å². The molecule has 230 valence electrons. The maximum Gasteiger partial charge on any atom is 0.177 e. The molecule has 0 N–H and O–H groups in total. The lowest BCUT2D eigenvalue weighted by Gasteiger charge is -2.34. The summed E-state index contributed by atoms with van der Waals surface area (Å²) < 4.78 is 15.5. The largest absolute Gasteiger partial charge is 0.453 e. The molecule has 0 fully saturated rings. The molecule has 0 saturated heterocycles. The van der Waals surface area contributed by atoms with E-state index in [0.717, 1.165) is 46.9 Å². The average molecular weight is 620 g/mol. The van der Waals surface area contributed by atoms with Gasteiger partial charge in [0, 0.05) is 44.0 Å². The lowest BCUT2D eigenvalue weighted by molar-refractivity contribution is 0.413. The Morgan fingerprint density at radius 1 is 0.604 bits per heavy atom. The van der Waals surface area contributed by atoms with Crippen LogP contribution in [0.5, 0.6) is 11.5 Å². The van der Waals surface area contributed by atoms with Gasteiger partial charge in [-0.1, -0.05) is 105 Å². The molecule has 1 aliphatic carbocycles. The van der Waals surface area contributed by atoms with Crippen LogP contribution in [0, 0.1) is 0 Å². The van der Waals surface area contributed by atoms with Crippen molar-refractivity contribution in [3.63, 3.8) is 0 Å². The van der Waals surface area contributed by atoms with Gasteiger partial charge >= 0.3 is 0 Å². The molecule has 0 spiro atoms. The van der Waals surface area contributed by atoms with Crippen LogP contribution >= 0.6 is 0 Å². The van der Waals surface area contributed by atoms with E-state index in [-0.39, 0.29) is 5.41 Å². The van der Waals surface area contributed by atoms with E-state index in [1.807, 2.05) is 0 Å². The highest BCUT2D eigenvalue weighted by atomic mass is 16.5. The van der Waals surface area contributed by atoms with Crippen LogP contribution in [-0.4, -0.2) is 4.57 Å². The Balaban J connectivity index is 1.07. The summed E-state index contributed by atoms with van der Waals surface area (Å²) >= 11 is 0. The van der Waals surface area contributed by atoms with Gasteiger partial charge in [-0.3, -0.25) is 0 Å². The maximum absolute atomic E-state index is 6.69. The Hall–Kier alpha value is -5.80. The summed E-state index contributed by atoms with van der Waals surface area (Å²) in [6, 6.07) is 46.2. The zero-order valence-electron chi connectivity index (χ0n) is 27.0. The number of fused-ring (bicyclic) bond motifs is 9. The summed E-state index contributed by atoms with van der Waals surface area (Å²) in [5, 5.41) is 3.66. The van der Waals surface area contributed by atoms with E-state index in [4.69, 9.17) is 9.15 Å². The number of hydrogen-bond acceptors (Lipinski definition) is 2. The van der Waals surface area contributed by atoms with Crippen LogP contribution in [0.1, 0.15) is 42.7 Å². The van der Waals surface area contributed by atoms with Crippen LogP contribution in [0.3, 0.4) is 0 Å². The Bertz CT molecular complexity index is 2600. The standard InChI is InChI=1S/C45H33NO2/c1-45(2)37-23-22-35-34-13-7-9-15-41(34)47-43(35)44(37)48-42-25-19-31(27-38(42)45)30-18-24-40-36(26-30)33-12-6-8-14-39(33)46(40)32-20-16-29(17-21-32)28-10-4-3-5-11-28/h3-6,8-12,14-27H,7,13H2,1-2H3. The molecule has 2 aromatic heterocycles. The number of para-hydroxylation sites is 1. The van der Waals surface area contributed by atoms with Gasteiger partial charge in [0.25, 0.3) is 0 Å². The van der Waals surface area contributed by atoms with Gasteiger partial charge in [-0.2, -0.15) is 0 Å². The summed E-state index contributed by atoms with van der Waals surface area (Å²) in [7, 11) is 0. The number of hydrogen-bond donors (Lipinski definition) is 0. The van der Waals surface area contributed by atoms with Gasteiger partial charge in [-0.25, -0.2) is 0 Å². The van der Waals surface area contributed by atoms with Crippen molar-refractivity contribution in [1.82, 2.24) is 4.57 Å². The third-order valence-corrected chi connectivity index (χ3v) is 10.6. The van der Waals surface area contributed by atoms with E-state index < -0.39 is 0 Å². The molecule has 48 heavy (non-hydrogen) atoms. The van der Waals surface area contributed by atoms with Crippen LogP contribution < -0.4 is 4.74 Å². The molecule has 3 heterocycles. The smallest absolute Gasteiger partial charge is 0.177 e. The van der Waals surface area contributed by atoms with Crippen LogP contribution in [0.4, 0.5) is 0 Å². The molecular weight excluding hydrogens is 587 g/mol. The van der Waals surface area contributed by atoms with Crippen molar-refractivity contribution in [3.8, 4) is 39.4 Å². The molecule has 1 aliphatic heterocycles. The molecule has 0 bridgehead atoms. The zero-order chi connectivity index (χ0) is 32.0. The Kier molecular flexibility index (Phi) is 5.75. The van der Waals surface area contributed by atoms with E-state index in [1.165, 1.54) is 60.6 Å². The van der Waals surface area contributed by atoms with Crippen molar-refractivity contribution in [3.05, 3.63) is 156 Å². The molecule has 0 atom stereocenters. The predicted molar refractivity (Wildman–Crippen MR) is 197 cm³/mol. The van der Waals surface area contributed by atoms with E-state index in [0.29, 0.717) is 0 Å². The second-order valence-corrected chi connectivity index (χ2v) is 13.6. The van der Waals surface area contributed by atoms with Crippen molar-refractivity contribution < 1.29 is 9.15 Å². The summed E-state index contributed by atoms with van der Waals surface area (Å²) in [4.78, 5) is 0. The van der Waals surface area contributed by atoms with Gasteiger partial charge in [0.05, 0.1) is 11.0 Å². The van der Waals surface area contributed by atoms with Gasteiger partial charge in [0.1, 0.15) is 11.5 Å². The van der Waals surface area contributed by atoms with E-state index in [1.54, 1.807) is 0 Å². The molecule has 3 heteroatoms. The third-order valence-electron chi connectivity index (χ3n) is 10.6. The second kappa shape index (κ2) is 10.1. The molecule has 6 aromatic carbocycles. The summed E-state index contributed by atoms with van der Waals surface area (Å²) in [5.41, 5.74) is 12.6. The van der Waals surface area contributed by atoms with Crippen molar-refractivity contribution in [1.29, 1.82) is 0 Å². The van der Waals surface area contributed by atoms with Crippen molar-refractivity contribution in [2.75, 3.05) is 0 Å². The average Bonchev–Trinajstić information content (AvgIpc) is 3.68. The molecule has 0 saturated carbocycles. The fourth-order valence-electron chi connectivity index (χ4n) is 8.02. The van der Waals surface area contributed by atoms with Crippen molar-refractivity contribution in [2.24, 2.45) is 0 Å². The summed E-state index contributed by atoms with van der Waals surface area (Å²) in [6.45, 7) is 4.59. The van der Waals surface area contributed by atoms with Gasteiger partial charge in [-0.05, 0) is 83.6 Å². The van der Waals surface area contributed by atoms with Gasteiger partial charge < -0.3 is 13.7 Å². The van der Waals surface area contributed by atoms with Crippen molar-refractivity contribution >= 4 is 38.9 Å². The van der Waals surface area contributed by atoms with Crippen molar-refractivity contribution in [2.45, 2.75) is 32.1 Å². The SMILES string of the molecule is CC1(C)c2cc(-c3ccc4c(c3)c3ccccc3n4-c3ccc(-c4ccccc4)cc3)ccc2Oc2c1ccc1c3c(oc21)C=CCC3. The Morgan fingerprint density at radius 2 is 1.33 bits per heavy atom. The second-order valence-electron chi connectivity index (χ2n) is 13.6. The van der Waals surface area contributed by atoms with E-state index >= 15 is 0 Å². The quantitative estimate of drug-likeness (QED) is 0.197. The summed E-state index contributed by atoms with van der Waals surface area (Å²) in [5.74, 6) is 2.71. The Morgan fingerprint density at radius 3 is 2.21 bits per heavy atom. The van der Waals surface area contributed by atoms with E-state index in [2.05, 4.69) is 158 Å². The molecular formula is C45H33NO2. The minimum Gasteiger partial charge on any atom is -0.453 e. The number of rotatable bonds is 3. The van der Waals surface area contributed by atoms with Crippen LogP contribution in [-0.2, 0) is 11.8 Å². The number of aryl methyl sites for hydroxylation is 1. The highest BCUT2D eigenvalue weighted by molar-refractivity contribution is 6.10. The molecule has 0 unspecified atom stereocenters. The first-order valence-corrected chi connectivity index (χ1v) is 16.8. The highest BCUT2D eigenvalue weighted by Gasteiger charge is 2.37. The number of ether oxygens (including phenoxy) is 1. The zero-order valence-corrected chi connectivity index (χ0v) is 27.0. The fourth-order valence-corrected chi connectivity index (χ4v) is 8.02. The van der Waals surface area contributed by atoms with Gasteiger partial charge in [0.2, 0.25) is 0 Å². The predicted octanol–water partition coefficient (Wildman–Crippen LogP) is 12.3. The summed E-state index contributed by atoms with van der Waals surface area (Å²) in [6.07, 6.45) is 6.35. The Labute approximate surface area is 279 Å². The number of allylic oxidation sites excluding steroid dienone is 1. The first kappa shape index (κ1) is 27.3. The highest BCUT2D eigenvalue weighted by Crippen LogP contribution is 2.52. The maximum atomic E-state index is 6.69. The van der Waals surface area contributed by atoms with Crippen LogP contribution in [0.2, 0.25) is 0 Å². The van der Waals surface area contributed by atoms with E-state index in [9.17, 15) is 0 Å². The monoisotopic (exact) mass is 619 g/mol. The molecule has 0 radical (unpaired) electrons. The normalized spacial score (nSPS) is 14.5. The molecule has 3 nitrogen and oxygen atoms in total. The molecule has 10 rings (SSSR count). The number of nitrogens with zero attached hydrogens (tertiary/aromatic N) is 1. The fraction of sp³-hybridized carbons (Fsp3) is 0.111. The van der Waals surface area contributed by atoms with Gasteiger partial charge in [-0.15, -0.1) is 0 Å². The lowest BCUT2D eigenvalue weighted by atomic mass is 9.74. The first-order valence-electron chi connectivity index (χ1n) is 16.8. The van der Waals surface area contributed by atoms with Gasteiger partial charge in [0.15, 0.2) is 11.3 Å². The number of furan rings is 1. The number of benzene rings is 6. The molecule has 2 aliphatic rings. The third kappa shape index (κ3) is 3.94. The number of aromatic nitrogens is 1. The first-order chi connectivity index (χ1) is 23.5. The lowest BCUT2D eigenvalue weighted by Crippen LogP contribution is -2.24. The van der Waals surface area contributed by atoms with Crippen LogP contribution in [0.25, 0.3) is 66.8 Å². The molecule has 0 amide bonds. The molecule has 8 aromatic rings. The topological polar surface area (TPSA) is 27.3 Å².